The summed E-state index contributed by atoms with van der Waals surface area (Å²) in [4.78, 5) is 23.3. The molecule has 0 spiro atoms. The highest BCUT2D eigenvalue weighted by Gasteiger charge is 2.30. The molecule has 0 saturated heterocycles. The number of carbonyl (C=O) groups excluding carboxylic acids is 2. The molecule has 2 aromatic rings. The predicted octanol–water partition coefficient (Wildman–Crippen LogP) is 3.25. The van der Waals surface area contributed by atoms with E-state index in [2.05, 4.69) is 5.32 Å². The molecule has 1 N–H and O–H groups in total. The third kappa shape index (κ3) is 6.65. The lowest BCUT2D eigenvalue weighted by atomic mass is 10.1. The topological polar surface area (TPSA) is 64.6 Å². The fourth-order valence-corrected chi connectivity index (χ4v) is 2.15. The molecule has 0 heterocycles. The quantitative estimate of drug-likeness (QED) is 0.748. The summed E-state index contributed by atoms with van der Waals surface area (Å²) in [5.74, 6) is -1.48. The summed E-state index contributed by atoms with van der Waals surface area (Å²) in [6.45, 7) is 1.10. The molecule has 5 nitrogen and oxygen atoms in total. The van der Waals surface area contributed by atoms with Gasteiger partial charge < -0.3 is 14.8 Å². The summed E-state index contributed by atoms with van der Waals surface area (Å²) in [5, 5.41) is 2.61. The fraction of sp³-hybridized carbons (Fsp3) is 0.263. The summed E-state index contributed by atoms with van der Waals surface area (Å²) in [7, 11) is 0. The number of benzene rings is 2. The Morgan fingerprint density at radius 2 is 1.78 bits per heavy atom. The number of esters is 1. The van der Waals surface area contributed by atoms with E-state index < -0.39 is 36.8 Å². The van der Waals surface area contributed by atoms with Crippen LogP contribution in [0.5, 0.6) is 5.75 Å². The van der Waals surface area contributed by atoms with E-state index in [4.69, 9.17) is 9.47 Å². The van der Waals surface area contributed by atoms with Gasteiger partial charge in [0, 0.05) is 6.54 Å². The lowest BCUT2D eigenvalue weighted by Crippen LogP contribution is -2.29. The van der Waals surface area contributed by atoms with Crippen LogP contribution in [0.1, 0.15) is 16.7 Å². The van der Waals surface area contributed by atoms with Gasteiger partial charge in [0.1, 0.15) is 5.75 Å². The molecule has 0 atom stereocenters. The third-order valence-corrected chi connectivity index (χ3v) is 3.62. The summed E-state index contributed by atoms with van der Waals surface area (Å²) in [5.41, 5.74) is 1.07. The summed E-state index contributed by atoms with van der Waals surface area (Å²) < 4.78 is 47.5. The minimum absolute atomic E-state index is 0.120. The second-order valence-electron chi connectivity index (χ2n) is 5.68. The molecule has 27 heavy (non-hydrogen) atoms. The largest absolute Gasteiger partial charge is 0.482 e. The van der Waals surface area contributed by atoms with Crippen LogP contribution in [0.4, 0.5) is 13.2 Å². The highest BCUT2D eigenvalue weighted by atomic mass is 19.4. The highest BCUT2D eigenvalue weighted by molar-refractivity contribution is 5.80. The van der Waals surface area contributed by atoms with Gasteiger partial charge in [0.25, 0.3) is 5.91 Å². The number of nitrogens with one attached hydrogen (secondary N) is 1. The molecule has 2 rings (SSSR count). The Bertz CT molecular complexity index is 806. The Kier molecular flexibility index (Phi) is 6.81. The Hall–Kier alpha value is -3.03. The number of alkyl halides is 3. The molecule has 0 fully saturated rings. The van der Waals surface area contributed by atoms with Gasteiger partial charge in [0.05, 0.1) is 5.56 Å². The zero-order valence-corrected chi connectivity index (χ0v) is 14.5. The number of ether oxygens (including phenoxy) is 2. The summed E-state index contributed by atoms with van der Waals surface area (Å²) >= 11 is 0. The molecule has 8 heteroatoms. The van der Waals surface area contributed by atoms with Crippen molar-refractivity contribution in [3.63, 3.8) is 0 Å². The maximum absolute atomic E-state index is 12.6. The van der Waals surface area contributed by atoms with Gasteiger partial charge in [-0.05, 0) is 36.2 Å². The fourth-order valence-electron chi connectivity index (χ4n) is 2.15. The van der Waals surface area contributed by atoms with Crippen molar-refractivity contribution < 1.29 is 32.2 Å². The van der Waals surface area contributed by atoms with Gasteiger partial charge in [-0.2, -0.15) is 13.2 Å². The molecule has 0 bridgehead atoms. The first-order chi connectivity index (χ1) is 12.8. The number of halogens is 3. The van der Waals surface area contributed by atoms with E-state index in [1.807, 2.05) is 31.2 Å². The predicted molar refractivity (Wildman–Crippen MR) is 90.9 cm³/mol. The number of hydrogen-bond acceptors (Lipinski definition) is 4. The average Bonchev–Trinajstić information content (AvgIpc) is 2.63. The van der Waals surface area contributed by atoms with Gasteiger partial charge in [-0.25, -0.2) is 4.79 Å². The SMILES string of the molecule is Cc1ccccc1CNC(=O)COC(=O)COc1cccc(C(F)(F)F)c1. The van der Waals surface area contributed by atoms with Crippen LogP contribution < -0.4 is 10.1 Å². The first-order valence-corrected chi connectivity index (χ1v) is 8.02. The van der Waals surface area contributed by atoms with E-state index in [1.165, 1.54) is 12.1 Å². The third-order valence-electron chi connectivity index (χ3n) is 3.62. The van der Waals surface area contributed by atoms with Crippen molar-refractivity contribution in [3.05, 3.63) is 65.2 Å². The Morgan fingerprint density at radius 1 is 1.04 bits per heavy atom. The number of aryl methyl sites for hydroxylation is 1. The first kappa shape index (κ1) is 20.3. The van der Waals surface area contributed by atoms with Crippen LogP contribution in [0, 0.1) is 6.92 Å². The van der Waals surface area contributed by atoms with E-state index in [1.54, 1.807) is 0 Å². The van der Waals surface area contributed by atoms with Crippen molar-refractivity contribution in [2.24, 2.45) is 0 Å². The lowest BCUT2D eigenvalue weighted by molar-refractivity contribution is -0.150. The zero-order valence-electron chi connectivity index (χ0n) is 14.5. The molecule has 1 amide bonds. The van der Waals surface area contributed by atoms with E-state index >= 15 is 0 Å². The van der Waals surface area contributed by atoms with Crippen LogP contribution in [0.15, 0.2) is 48.5 Å². The van der Waals surface area contributed by atoms with Crippen LogP contribution >= 0.6 is 0 Å². The van der Waals surface area contributed by atoms with Crippen LogP contribution in [0.25, 0.3) is 0 Å². The van der Waals surface area contributed by atoms with Crippen LogP contribution in [-0.4, -0.2) is 25.1 Å². The van der Waals surface area contributed by atoms with Crippen molar-refractivity contribution in [3.8, 4) is 5.75 Å². The van der Waals surface area contributed by atoms with Crippen molar-refractivity contribution in [2.75, 3.05) is 13.2 Å². The number of hydrogen-bond donors (Lipinski definition) is 1. The molecular weight excluding hydrogens is 363 g/mol. The first-order valence-electron chi connectivity index (χ1n) is 8.02. The maximum atomic E-state index is 12.6. The van der Waals surface area contributed by atoms with Gasteiger partial charge in [-0.3, -0.25) is 4.79 Å². The van der Waals surface area contributed by atoms with Crippen LogP contribution in [0.3, 0.4) is 0 Å². The number of carbonyl (C=O) groups is 2. The molecule has 2 aromatic carbocycles. The van der Waals surface area contributed by atoms with Gasteiger partial charge >= 0.3 is 12.1 Å². The van der Waals surface area contributed by atoms with Crippen LogP contribution in [-0.2, 0) is 27.0 Å². The second kappa shape index (κ2) is 9.07. The van der Waals surface area contributed by atoms with Gasteiger partial charge in [0.15, 0.2) is 13.2 Å². The monoisotopic (exact) mass is 381 g/mol. The minimum Gasteiger partial charge on any atom is -0.482 e. The Labute approximate surface area is 154 Å². The average molecular weight is 381 g/mol. The standard InChI is InChI=1S/C19H18F3NO4/c1-13-5-2-3-6-14(13)10-23-17(24)11-27-18(25)12-26-16-8-4-7-15(9-16)19(20,21)22/h2-9H,10-12H2,1H3,(H,23,24). The van der Waals surface area contributed by atoms with Crippen molar-refractivity contribution in [2.45, 2.75) is 19.6 Å². The van der Waals surface area contributed by atoms with Crippen molar-refractivity contribution in [1.82, 2.24) is 5.32 Å². The molecule has 0 aromatic heterocycles. The van der Waals surface area contributed by atoms with Gasteiger partial charge in [0.2, 0.25) is 0 Å². The lowest BCUT2D eigenvalue weighted by Gasteiger charge is -2.10. The van der Waals surface area contributed by atoms with E-state index in [9.17, 15) is 22.8 Å². The van der Waals surface area contributed by atoms with Gasteiger partial charge in [-0.1, -0.05) is 30.3 Å². The molecule has 0 radical (unpaired) electrons. The van der Waals surface area contributed by atoms with Crippen molar-refractivity contribution in [1.29, 1.82) is 0 Å². The molecule has 0 aliphatic carbocycles. The Balaban J connectivity index is 1.73. The summed E-state index contributed by atoms with van der Waals surface area (Å²) in [6, 6.07) is 11.6. The molecule has 0 saturated carbocycles. The van der Waals surface area contributed by atoms with E-state index in [-0.39, 0.29) is 5.75 Å². The molecule has 0 aliphatic heterocycles. The highest BCUT2D eigenvalue weighted by Crippen LogP contribution is 2.31. The molecular formula is C19H18F3NO4. The van der Waals surface area contributed by atoms with Crippen molar-refractivity contribution >= 4 is 11.9 Å². The molecule has 0 unspecified atom stereocenters. The number of amides is 1. The van der Waals surface area contributed by atoms with E-state index in [0.717, 1.165) is 23.3 Å². The van der Waals surface area contributed by atoms with Crippen LogP contribution in [0.2, 0.25) is 0 Å². The molecule has 0 aliphatic rings. The second-order valence-corrected chi connectivity index (χ2v) is 5.68. The number of rotatable bonds is 7. The smallest absolute Gasteiger partial charge is 0.416 e. The van der Waals surface area contributed by atoms with E-state index in [0.29, 0.717) is 6.54 Å². The maximum Gasteiger partial charge on any atom is 0.416 e. The zero-order chi connectivity index (χ0) is 19.9. The summed E-state index contributed by atoms with van der Waals surface area (Å²) in [6.07, 6.45) is -4.50. The normalized spacial score (nSPS) is 11.0. The minimum atomic E-state index is -4.50. The van der Waals surface area contributed by atoms with Gasteiger partial charge in [-0.15, -0.1) is 0 Å². The Morgan fingerprint density at radius 3 is 2.48 bits per heavy atom. The molecule has 144 valence electrons.